The topological polar surface area (TPSA) is 103 Å². The van der Waals surface area contributed by atoms with Gasteiger partial charge >= 0.3 is 0 Å². The number of benzene rings is 2. The van der Waals surface area contributed by atoms with E-state index in [1.807, 2.05) is 19.1 Å². The number of nitrogens with one attached hydrogen (secondary N) is 2. The van der Waals surface area contributed by atoms with Crippen LogP contribution in [0, 0.1) is 6.92 Å². The van der Waals surface area contributed by atoms with E-state index in [2.05, 4.69) is 82.0 Å². The molecule has 1 fully saturated rings. The minimum atomic E-state index is -0.250. The molecule has 0 bridgehead atoms. The first-order valence-electron chi connectivity index (χ1n) is 13.8. The molecular weight excluding hydrogens is 510 g/mol. The molecule has 210 valence electrons. The number of H-pyrrole nitrogens is 1. The minimum absolute atomic E-state index is 0.250. The van der Waals surface area contributed by atoms with Gasteiger partial charge in [-0.25, -0.2) is 4.98 Å². The summed E-state index contributed by atoms with van der Waals surface area (Å²) in [4.78, 5) is 29.7. The summed E-state index contributed by atoms with van der Waals surface area (Å²) in [5.74, 6) is -0.250. The Morgan fingerprint density at radius 3 is 2.61 bits per heavy atom. The van der Waals surface area contributed by atoms with Gasteiger partial charge in [-0.2, -0.15) is 0 Å². The average Bonchev–Trinajstić information content (AvgIpc) is 3.37. The number of nitrogens with two attached hydrogens (primary N) is 1. The SMILES string of the molecule is C=CC(=O)Nc1cc(-c2c(-c3ccc(N4CCN(C)[C@H](C)C4)cc3)[nH]c3ncc(C(/C=C\N)=NC)cc23)ccc1C. The molecule has 8 nitrogen and oxygen atoms in total. The normalized spacial score (nSPS) is 16.4. The summed E-state index contributed by atoms with van der Waals surface area (Å²) in [6, 6.07) is 17.4. The van der Waals surface area contributed by atoms with Crippen LogP contribution < -0.4 is 16.0 Å². The zero-order chi connectivity index (χ0) is 29.1. The summed E-state index contributed by atoms with van der Waals surface area (Å²) in [7, 11) is 3.92. The standard InChI is InChI=1S/C33H37N7O/c1-6-30(41)37-29-18-24(8-7-21(29)2)31-27-17-25(28(35-4)13-14-34)19-36-33(27)38-32(31)23-9-11-26(12-10-23)40-16-15-39(5)22(3)20-40/h6-14,17-19,22H,1,15-16,20,34H2,2-5H3,(H,36,38)(H,37,41)/b14-13-,35-28?/t22-/m1/s1. The van der Waals surface area contributed by atoms with Crippen molar-refractivity contribution in [2.45, 2.75) is 19.9 Å². The van der Waals surface area contributed by atoms with Gasteiger partial charge in [0.25, 0.3) is 0 Å². The van der Waals surface area contributed by atoms with Gasteiger partial charge in [0.05, 0.1) is 11.4 Å². The molecule has 41 heavy (non-hydrogen) atoms. The van der Waals surface area contributed by atoms with Crippen molar-refractivity contribution in [2.75, 3.05) is 43.9 Å². The van der Waals surface area contributed by atoms with Gasteiger partial charge < -0.3 is 25.8 Å². The van der Waals surface area contributed by atoms with Crippen LogP contribution in [0.25, 0.3) is 33.4 Å². The number of hydrogen-bond donors (Lipinski definition) is 3. The fraction of sp³-hybridized carbons (Fsp3) is 0.242. The fourth-order valence-corrected chi connectivity index (χ4v) is 5.34. The quantitative estimate of drug-likeness (QED) is 0.214. The average molecular weight is 548 g/mol. The molecule has 1 saturated heterocycles. The van der Waals surface area contributed by atoms with E-state index in [0.717, 1.165) is 75.6 Å². The first-order valence-corrected chi connectivity index (χ1v) is 13.8. The van der Waals surface area contributed by atoms with Crippen molar-refractivity contribution in [1.29, 1.82) is 0 Å². The van der Waals surface area contributed by atoms with Gasteiger partial charge in [0, 0.05) is 66.8 Å². The van der Waals surface area contributed by atoms with Gasteiger partial charge in [-0.15, -0.1) is 0 Å². The van der Waals surface area contributed by atoms with Crippen molar-refractivity contribution < 1.29 is 4.79 Å². The lowest BCUT2D eigenvalue weighted by molar-refractivity contribution is -0.111. The van der Waals surface area contributed by atoms with E-state index in [1.165, 1.54) is 18.0 Å². The molecule has 1 amide bonds. The number of carbonyl (C=O) groups is 1. The number of aliphatic imine (C=N–C) groups is 1. The van der Waals surface area contributed by atoms with Crippen LogP contribution in [0.5, 0.6) is 0 Å². The number of amides is 1. The van der Waals surface area contributed by atoms with E-state index in [4.69, 9.17) is 10.7 Å². The van der Waals surface area contributed by atoms with Gasteiger partial charge in [-0.1, -0.05) is 30.8 Å². The third-order valence-electron chi connectivity index (χ3n) is 7.89. The van der Waals surface area contributed by atoms with E-state index in [0.29, 0.717) is 6.04 Å². The number of anilines is 2. The highest BCUT2D eigenvalue weighted by molar-refractivity contribution is 6.12. The Morgan fingerprint density at radius 1 is 1.17 bits per heavy atom. The van der Waals surface area contributed by atoms with Crippen LogP contribution in [0.1, 0.15) is 18.1 Å². The third-order valence-corrected chi connectivity index (χ3v) is 7.89. The smallest absolute Gasteiger partial charge is 0.247 e. The molecule has 1 aliphatic heterocycles. The molecule has 8 heteroatoms. The Morgan fingerprint density at radius 2 is 1.93 bits per heavy atom. The fourth-order valence-electron chi connectivity index (χ4n) is 5.34. The number of likely N-dealkylation sites (N-methyl/N-ethyl adjacent to an activating group) is 1. The predicted octanol–water partition coefficient (Wildman–Crippen LogP) is 5.36. The van der Waals surface area contributed by atoms with Crippen LogP contribution in [-0.4, -0.2) is 66.3 Å². The Hall–Kier alpha value is -4.69. The zero-order valence-electron chi connectivity index (χ0n) is 24.1. The molecule has 3 heterocycles. The van der Waals surface area contributed by atoms with Crippen molar-refractivity contribution in [3.05, 3.63) is 90.8 Å². The second-order valence-corrected chi connectivity index (χ2v) is 10.5. The Labute approximate surface area is 241 Å². The maximum atomic E-state index is 12.2. The first-order chi connectivity index (χ1) is 19.8. The molecule has 2 aromatic carbocycles. The van der Waals surface area contributed by atoms with Crippen molar-refractivity contribution >= 4 is 34.0 Å². The van der Waals surface area contributed by atoms with Gasteiger partial charge in [-0.05, 0) is 80.2 Å². The Kier molecular flexibility index (Phi) is 8.03. The monoisotopic (exact) mass is 547 g/mol. The summed E-state index contributed by atoms with van der Waals surface area (Å²) in [6.45, 7) is 10.9. The number of rotatable bonds is 7. The first kappa shape index (κ1) is 27.9. The highest BCUT2D eigenvalue weighted by Crippen LogP contribution is 2.40. The largest absolute Gasteiger partial charge is 0.405 e. The van der Waals surface area contributed by atoms with E-state index in [-0.39, 0.29) is 5.91 Å². The van der Waals surface area contributed by atoms with Crippen LogP contribution >= 0.6 is 0 Å². The highest BCUT2D eigenvalue weighted by atomic mass is 16.1. The van der Waals surface area contributed by atoms with Crippen molar-refractivity contribution in [1.82, 2.24) is 14.9 Å². The molecule has 1 aliphatic rings. The Balaban J connectivity index is 1.64. The van der Waals surface area contributed by atoms with E-state index >= 15 is 0 Å². The molecule has 0 unspecified atom stereocenters. The number of hydrogen-bond acceptors (Lipinski definition) is 6. The van der Waals surface area contributed by atoms with Gasteiger partial charge in [0.1, 0.15) is 5.65 Å². The van der Waals surface area contributed by atoms with E-state index < -0.39 is 0 Å². The molecular formula is C33H37N7O. The highest BCUT2D eigenvalue weighted by Gasteiger charge is 2.22. The predicted molar refractivity (Wildman–Crippen MR) is 171 cm³/mol. The number of pyridine rings is 1. The number of allylic oxidation sites excluding steroid dienone is 1. The van der Waals surface area contributed by atoms with Crippen LogP contribution in [0.3, 0.4) is 0 Å². The molecule has 1 atom stereocenters. The lowest BCUT2D eigenvalue weighted by Gasteiger charge is -2.39. The molecule has 0 radical (unpaired) electrons. The Bertz CT molecular complexity index is 1650. The zero-order valence-corrected chi connectivity index (χ0v) is 24.1. The maximum absolute atomic E-state index is 12.2. The molecule has 0 aliphatic carbocycles. The second-order valence-electron chi connectivity index (χ2n) is 10.5. The van der Waals surface area contributed by atoms with Gasteiger partial charge in [0.2, 0.25) is 5.91 Å². The van der Waals surface area contributed by atoms with E-state index in [9.17, 15) is 4.79 Å². The van der Waals surface area contributed by atoms with Crippen molar-refractivity contribution in [3.63, 3.8) is 0 Å². The van der Waals surface area contributed by atoms with Gasteiger partial charge in [0.15, 0.2) is 0 Å². The van der Waals surface area contributed by atoms with E-state index in [1.54, 1.807) is 19.3 Å². The lowest BCUT2D eigenvalue weighted by Crippen LogP contribution is -2.50. The summed E-state index contributed by atoms with van der Waals surface area (Å²) < 4.78 is 0. The lowest BCUT2D eigenvalue weighted by atomic mass is 9.96. The van der Waals surface area contributed by atoms with Crippen LogP contribution in [0.4, 0.5) is 11.4 Å². The second kappa shape index (κ2) is 11.8. The summed E-state index contributed by atoms with van der Waals surface area (Å²) in [6.07, 6.45) is 6.33. The third kappa shape index (κ3) is 5.64. The number of carbonyl (C=O) groups excluding carboxylic acids is 1. The number of nitrogens with zero attached hydrogens (tertiary/aromatic N) is 4. The summed E-state index contributed by atoms with van der Waals surface area (Å²) >= 11 is 0. The molecule has 0 saturated carbocycles. The molecule has 2 aromatic heterocycles. The molecule has 0 spiro atoms. The number of aromatic amines is 1. The number of piperazine rings is 1. The summed E-state index contributed by atoms with van der Waals surface area (Å²) in [5.41, 5.74) is 14.9. The van der Waals surface area contributed by atoms with Crippen LogP contribution in [0.15, 0.2) is 84.7 Å². The van der Waals surface area contributed by atoms with Crippen molar-refractivity contribution in [3.8, 4) is 22.4 Å². The van der Waals surface area contributed by atoms with Crippen LogP contribution in [0.2, 0.25) is 0 Å². The number of aromatic nitrogens is 2. The van der Waals surface area contributed by atoms with Crippen LogP contribution in [-0.2, 0) is 4.79 Å². The molecule has 4 N–H and O–H groups in total. The maximum Gasteiger partial charge on any atom is 0.247 e. The summed E-state index contributed by atoms with van der Waals surface area (Å²) in [5, 5.41) is 3.89. The number of fused-ring (bicyclic) bond motifs is 1. The molecule has 4 aromatic rings. The minimum Gasteiger partial charge on any atom is -0.405 e. The number of aryl methyl sites for hydroxylation is 1. The van der Waals surface area contributed by atoms with Crippen molar-refractivity contribution in [2.24, 2.45) is 10.7 Å². The molecule has 5 rings (SSSR count). The van der Waals surface area contributed by atoms with Gasteiger partial charge in [-0.3, -0.25) is 9.79 Å².